The fourth-order valence-electron chi connectivity index (χ4n) is 2.46. The zero-order valence-electron chi connectivity index (χ0n) is 11.4. The predicted octanol–water partition coefficient (Wildman–Crippen LogP) is 2.80. The maximum atomic E-state index is 13.2. The van der Waals surface area contributed by atoms with Crippen LogP contribution in [0.4, 0.5) is 13.2 Å². The van der Waals surface area contributed by atoms with E-state index in [1.165, 1.54) is 17.0 Å². The number of amides is 1. The number of likely N-dealkylation sites (tertiary alicyclic amines) is 1. The van der Waals surface area contributed by atoms with Gasteiger partial charge < -0.3 is 9.32 Å². The summed E-state index contributed by atoms with van der Waals surface area (Å²) in [4.78, 5) is 25.3. The van der Waals surface area contributed by atoms with Crippen LogP contribution < -0.4 is 5.63 Å². The van der Waals surface area contributed by atoms with Crippen molar-refractivity contribution < 1.29 is 22.4 Å². The molecule has 1 fully saturated rings. The van der Waals surface area contributed by atoms with Crippen molar-refractivity contribution in [2.24, 2.45) is 0 Å². The summed E-state index contributed by atoms with van der Waals surface area (Å²) in [6, 6.07) is 4.77. The minimum Gasteiger partial charge on any atom is -0.417 e. The molecule has 0 unspecified atom stereocenters. The van der Waals surface area contributed by atoms with E-state index in [1.807, 2.05) is 0 Å². The van der Waals surface area contributed by atoms with E-state index in [0.717, 1.165) is 12.1 Å². The topological polar surface area (TPSA) is 50.5 Å². The van der Waals surface area contributed by atoms with Gasteiger partial charge in [0.2, 0.25) is 0 Å². The first-order chi connectivity index (χ1) is 10.4. The Labute approximate surface area is 123 Å². The number of hydrogen-bond donors (Lipinski definition) is 0. The summed E-state index contributed by atoms with van der Waals surface area (Å²) < 4.78 is 44.4. The molecule has 1 aliphatic rings. The van der Waals surface area contributed by atoms with Crippen molar-refractivity contribution in [3.8, 4) is 0 Å². The number of carbonyl (C=O) groups is 1. The molecule has 0 spiro atoms. The Hall–Kier alpha value is -2.31. The molecule has 0 atom stereocenters. The summed E-state index contributed by atoms with van der Waals surface area (Å²) in [6.07, 6.45) is -0.851. The van der Waals surface area contributed by atoms with Crippen molar-refractivity contribution in [3.63, 3.8) is 0 Å². The fraction of sp³-hybridized carbons (Fsp3) is 0.333. The largest absolute Gasteiger partial charge is 0.417 e. The predicted molar refractivity (Wildman–Crippen MR) is 72.5 cm³/mol. The number of benzene rings is 1. The molecule has 0 N–H and O–H groups in total. The van der Waals surface area contributed by atoms with E-state index >= 15 is 0 Å². The van der Waals surface area contributed by atoms with Gasteiger partial charge >= 0.3 is 5.63 Å². The molecule has 0 radical (unpaired) electrons. The second kappa shape index (κ2) is 5.15. The Balaban J connectivity index is 1.93. The number of rotatable bonds is 1. The molecule has 1 amide bonds. The Kier molecular flexibility index (Phi) is 3.42. The van der Waals surface area contributed by atoms with Crippen LogP contribution in [0, 0.1) is 5.82 Å². The summed E-state index contributed by atoms with van der Waals surface area (Å²) in [5.41, 5.74) is -0.761. The molecular weight excluding hydrogens is 299 g/mol. The van der Waals surface area contributed by atoms with Gasteiger partial charge in [0.05, 0.1) is 5.39 Å². The number of hydrogen-bond acceptors (Lipinski definition) is 3. The van der Waals surface area contributed by atoms with Crippen LogP contribution in [0.3, 0.4) is 0 Å². The number of alkyl halides is 2. The highest BCUT2D eigenvalue weighted by Gasteiger charge is 2.36. The first-order valence-corrected chi connectivity index (χ1v) is 6.76. The van der Waals surface area contributed by atoms with Gasteiger partial charge in [-0.1, -0.05) is 0 Å². The standard InChI is InChI=1S/C15H12F3NO3/c16-10-1-2-11-9(7-10)8-12(22-14(11)21)13(20)19-5-3-15(17,18)4-6-19/h1-2,7-8H,3-6H2. The van der Waals surface area contributed by atoms with E-state index in [-0.39, 0.29) is 29.6 Å². The monoisotopic (exact) mass is 311 g/mol. The molecule has 1 aromatic heterocycles. The Morgan fingerprint density at radius 1 is 1.18 bits per heavy atom. The molecular formula is C15H12F3NO3. The van der Waals surface area contributed by atoms with Crippen molar-refractivity contribution >= 4 is 16.7 Å². The van der Waals surface area contributed by atoms with Crippen LogP contribution >= 0.6 is 0 Å². The quantitative estimate of drug-likeness (QED) is 0.814. The molecule has 0 saturated carbocycles. The Morgan fingerprint density at radius 2 is 1.86 bits per heavy atom. The molecule has 116 valence electrons. The van der Waals surface area contributed by atoms with Crippen LogP contribution in [0.5, 0.6) is 0 Å². The Morgan fingerprint density at radius 3 is 2.55 bits per heavy atom. The highest BCUT2D eigenvalue weighted by atomic mass is 19.3. The molecule has 0 bridgehead atoms. The van der Waals surface area contributed by atoms with Gasteiger partial charge in [-0.15, -0.1) is 0 Å². The third-order valence-corrected chi connectivity index (χ3v) is 3.72. The van der Waals surface area contributed by atoms with Gasteiger partial charge in [-0.2, -0.15) is 0 Å². The van der Waals surface area contributed by atoms with Crippen LogP contribution in [-0.4, -0.2) is 29.8 Å². The summed E-state index contributed by atoms with van der Waals surface area (Å²) in [6.45, 7) is -0.229. The normalized spacial score (nSPS) is 17.7. The van der Waals surface area contributed by atoms with Crippen molar-refractivity contribution in [3.05, 3.63) is 46.3 Å². The molecule has 0 aliphatic carbocycles. The molecule has 7 heteroatoms. The Bertz CT molecular complexity index is 790. The number of nitrogens with zero attached hydrogens (tertiary/aromatic N) is 1. The van der Waals surface area contributed by atoms with Crippen LogP contribution in [0.15, 0.2) is 33.5 Å². The average Bonchev–Trinajstić information content (AvgIpc) is 2.46. The smallest absolute Gasteiger partial charge is 0.344 e. The number of halogens is 3. The minimum absolute atomic E-state index is 0.114. The minimum atomic E-state index is -2.77. The van der Waals surface area contributed by atoms with Crippen molar-refractivity contribution in [2.45, 2.75) is 18.8 Å². The first-order valence-electron chi connectivity index (χ1n) is 6.76. The maximum absolute atomic E-state index is 13.2. The maximum Gasteiger partial charge on any atom is 0.344 e. The number of carbonyl (C=O) groups excluding carboxylic acids is 1. The summed E-state index contributed by atoms with van der Waals surface area (Å²) in [5, 5.41) is 0.394. The lowest BCUT2D eigenvalue weighted by Crippen LogP contribution is -2.42. The van der Waals surface area contributed by atoms with Gasteiger partial charge in [-0.3, -0.25) is 4.79 Å². The third kappa shape index (κ3) is 2.70. The van der Waals surface area contributed by atoms with E-state index < -0.39 is 36.1 Å². The van der Waals surface area contributed by atoms with E-state index in [2.05, 4.69) is 0 Å². The van der Waals surface area contributed by atoms with Crippen molar-refractivity contribution in [1.82, 2.24) is 4.90 Å². The van der Waals surface area contributed by atoms with E-state index in [1.54, 1.807) is 0 Å². The number of fused-ring (bicyclic) bond motifs is 1. The molecule has 1 aliphatic heterocycles. The zero-order chi connectivity index (χ0) is 15.9. The molecule has 2 aromatic rings. The van der Waals surface area contributed by atoms with Gasteiger partial charge in [-0.25, -0.2) is 18.0 Å². The lowest BCUT2D eigenvalue weighted by atomic mass is 10.1. The van der Waals surface area contributed by atoms with Crippen LogP contribution in [-0.2, 0) is 0 Å². The molecule has 4 nitrogen and oxygen atoms in total. The van der Waals surface area contributed by atoms with Crippen LogP contribution in [0.25, 0.3) is 10.8 Å². The molecule has 1 saturated heterocycles. The average molecular weight is 311 g/mol. The van der Waals surface area contributed by atoms with Gasteiger partial charge in [-0.05, 0) is 29.7 Å². The molecule has 2 heterocycles. The second-order valence-corrected chi connectivity index (χ2v) is 5.28. The molecule has 3 rings (SSSR count). The summed E-state index contributed by atoms with van der Waals surface area (Å²) in [7, 11) is 0. The SMILES string of the molecule is O=C(c1cc2cc(F)ccc2c(=O)o1)N1CCC(F)(F)CC1. The second-order valence-electron chi connectivity index (χ2n) is 5.28. The van der Waals surface area contributed by atoms with Gasteiger partial charge in [0.25, 0.3) is 11.8 Å². The van der Waals surface area contributed by atoms with E-state index in [9.17, 15) is 22.8 Å². The van der Waals surface area contributed by atoms with Crippen LogP contribution in [0.2, 0.25) is 0 Å². The summed E-state index contributed by atoms with van der Waals surface area (Å²) in [5.74, 6) is -4.23. The van der Waals surface area contributed by atoms with Crippen molar-refractivity contribution in [2.75, 3.05) is 13.1 Å². The number of piperidine rings is 1. The highest BCUT2D eigenvalue weighted by Crippen LogP contribution is 2.28. The highest BCUT2D eigenvalue weighted by molar-refractivity contribution is 5.95. The first kappa shape index (κ1) is 14.6. The molecule has 22 heavy (non-hydrogen) atoms. The van der Waals surface area contributed by atoms with E-state index in [4.69, 9.17) is 4.42 Å². The van der Waals surface area contributed by atoms with Gasteiger partial charge in [0.15, 0.2) is 5.76 Å². The summed E-state index contributed by atoms with van der Waals surface area (Å²) >= 11 is 0. The zero-order valence-corrected chi connectivity index (χ0v) is 11.4. The lowest BCUT2D eigenvalue weighted by Gasteiger charge is -2.31. The van der Waals surface area contributed by atoms with Gasteiger partial charge in [0, 0.05) is 25.9 Å². The van der Waals surface area contributed by atoms with Crippen LogP contribution in [0.1, 0.15) is 23.4 Å². The fourth-order valence-corrected chi connectivity index (χ4v) is 2.46. The molecule has 1 aromatic carbocycles. The van der Waals surface area contributed by atoms with Crippen molar-refractivity contribution in [1.29, 1.82) is 0 Å². The lowest BCUT2D eigenvalue weighted by molar-refractivity contribution is -0.0498. The van der Waals surface area contributed by atoms with E-state index in [0.29, 0.717) is 0 Å². The van der Waals surface area contributed by atoms with Gasteiger partial charge in [0.1, 0.15) is 5.82 Å². The third-order valence-electron chi connectivity index (χ3n) is 3.72.